The normalized spacial score (nSPS) is 27.1. The molecule has 0 aromatic carbocycles. The summed E-state index contributed by atoms with van der Waals surface area (Å²) in [5, 5.41) is 8.44. The Morgan fingerprint density at radius 3 is 2.50 bits per heavy atom. The van der Waals surface area contributed by atoms with E-state index in [4.69, 9.17) is 9.84 Å². The van der Waals surface area contributed by atoms with Gasteiger partial charge in [-0.25, -0.2) is 13.1 Å². The molecule has 1 heterocycles. The molecule has 3 atom stereocenters. The SMILES string of the molecule is CC1CC(S(=O)(=O)NC(C(=O)O)C(C)C)CCO1. The largest absolute Gasteiger partial charge is 0.480 e. The van der Waals surface area contributed by atoms with Crippen LogP contribution in [0.4, 0.5) is 0 Å². The standard InChI is InChI=1S/C11H21NO5S/c1-7(2)10(11(13)14)12-18(15,16)9-4-5-17-8(3)6-9/h7-10,12H,4-6H2,1-3H3,(H,13,14). The number of hydrogen-bond donors (Lipinski definition) is 2. The van der Waals surface area contributed by atoms with Gasteiger partial charge in [-0.2, -0.15) is 0 Å². The van der Waals surface area contributed by atoms with Gasteiger partial charge in [-0.15, -0.1) is 0 Å². The molecule has 0 aromatic rings. The molecule has 0 aliphatic carbocycles. The monoisotopic (exact) mass is 279 g/mol. The number of carboxylic acids is 1. The topological polar surface area (TPSA) is 92.7 Å². The van der Waals surface area contributed by atoms with E-state index in [9.17, 15) is 13.2 Å². The first kappa shape index (κ1) is 15.4. The molecule has 106 valence electrons. The summed E-state index contributed by atoms with van der Waals surface area (Å²) in [4.78, 5) is 11.0. The van der Waals surface area contributed by atoms with Gasteiger partial charge in [-0.05, 0) is 25.7 Å². The van der Waals surface area contributed by atoms with E-state index in [0.717, 1.165) is 0 Å². The molecule has 1 aliphatic heterocycles. The van der Waals surface area contributed by atoms with E-state index >= 15 is 0 Å². The second-order valence-corrected chi connectivity index (χ2v) is 7.04. The Bertz CT molecular complexity index is 392. The van der Waals surface area contributed by atoms with Crippen LogP contribution in [-0.4, -0.2) is 43.5 Å². The van der Waals surface area contributed by atoms with Crippen molar-refractivity contribution < 1.29 is 23.1 Å². The highest BCUT2D eigenvalue weighted by molar-refractivity contribution is 7.90. The van der Waals surface area contributed by atoms with E-state index in [1.54, 1.807) is 13.8 Å². The highest BCUT2D eigenvalue weighted by Gasteiger charge is 2.35. The van der Waals surface area contributed by atoms with Gasteiger partial charge in [0.05, 0.1) is 11.4 Å². The van der Waals surface area contributed by atoms with E-state index in [2.05, 4.69) is 4.72 Å². The Kier molecular flexibility index (Phi) is 5.12. The molecule has 0 bridgehead atoms. The van der Waals surface area contributed by atoms with Crippen molar-refractivity contribution >= 4 is 16.0 Å². The minimum absolute atomic E-state index is 0.109. The molecular weight excluding hydrogens is 258 g/mol. The Balaban J connectivity index is 2.77. The number of rotatable bonds is 5. The molecule has 0 saturated carbocycles. The summed E-state index contributed by atoms with van der Waals surface area (Å²) in [5.41, 5.74) is 0. The number of carbonyl (C=O) groups is 1. The van der Waals surface area contributed by atoms with Crippen molar-refractivity contribution in [1.82, 2.24) is 4.72 Å². The zero-order valence-corrected chi connectivity index (χ0v) is 11.7. The van der Waals surface area contributed by atoms with E-state index in [1.165, 1.54) is 0 Å². The van der Waals surface area contributed by atoms with Gasteiger partial charge in [0.15, 0.2) is 0 Å². The van der Waals surface area contributed by atoms with Crippen LogP contribution in [0.25, 0.3) is 0 Å². The van der Waals surface area contributed by atoms with Crippen molar-refractivity contribution in [3.05, 3.63) is 0 Å². The second kappa shape index (κ2) is 5.99. The first-order chi connectivity index (χ1) is 8.24. The molecule has 0 aromatic heterocycles. The molecule has 0 amide bonds. The number of aliphatic carboxylic acids is 1. The zero-order chi connectivity index (χ0) is 13.9. The van der Waals surface area contributed by atoms with Crippen LogP contribution in [-0.2, 0) is 19.6 Å². The van der Waals surface area contributed by atoms with Crippen molar-refractivity contribution in [2.75, 3.05) is 6.61 Å². The summed E-state index contributed by atoms with van der Waals surface area (Å²) < 4.78 is 31.8. The third-order valence-electron chi connectivity index (χ3n) is 3.10. The minimum atomic E-state index is -3.62. The Hall–Kier alpha value is -0.660. The smallest absolute Gasteiger partial charge is 0.321 e. The van der Waals surface area contributed by atoms with Crippen LogP contribution in [0.15, 0.2) is 0 Å². The van der Waals surface area contributed by atoms with Crippen LogP contribution in [0.2, 0.25) is 0 Å². The quantitative estimate of drug-likeness (QED) is 0.768. The van der Waals surface area contributed by atoms with Crippen molar-refractivity contribution in [3.8, 4) is 0 Å². The van der Waals surface area contributed by atoms with Crippen molar-refractivity contribution in [1.29, 1.82) is 0 Å². The first-order valence-corrected chi connectivity index (χ1v) is 7.64. The zero-order valence-electron chi connectivity index (χ0n) is 10.9. The van der Waals surface area contributed by atoms with Gasteiger partial charge in [0.2, 0.25) is 10.0 Å². The summed E-state index contributed by atoms with van der Waals surface area (Å²) in [6, 6.07) is -1.08. The maximum absolute atomic E-state index is 12.1. The fraction of sp³-hybridized carbons (Fsp3) is 0.909. The lowest BCUT2D eigenvalue weighted by Gasteiger charge is -2.29. The van der Waals surface area contributed by atoms with E-state index < -0.39 is 27.3 Å². The molecule has 18 heavy (non-hydrogen) atoms. The summed E-state index contributed by atoms with van der Waals surface area (Å²) >= 11 is 0. The molecule has 0 radical (unpaired) electrons. The molecule has 6 nitrogen and oxygen atoms in total. The third-order valence-corrected chi connectivity index (χ3v) is 4.99. The lowest BCUT2D eigenvalue weighted by atomic mass is 10.1. The van der Waals surface area contributed by atoms with Crippen LogP contribution in [0, 0.1) is 5.92 Å². The van der Waals surface area contributed by atoms with Gasteiger partial charge in [0, 0.05) is 6.61 Å². The third kappa shape index (κ3) is 3.93. The lowest BCUT2D eigenvalue weighted by Crippen LogP contribution is -2.49. The molecule has 2 N–H and O–H groups in total. The fourth-order valence-electron chi connectivity index (χ4n) is 1.98. The highest BCUT2D eigenvalue weighted by atomic mass is 32.2. The first-order valence-electron chi connectivity index (χ1n) is 6.09. The van der Waals surface area contributed by atoms with Crippen LogP contribution in [0.3, 0.4) is 0 Å². The fourth-order valence-corrected chi connectivity index (χ4v) is 3.83. The second-order valence-electron chi connectivity index (χ2n) is 5.05. The van der Waals surface area contributed by atoms with Crippen LogP contribution < -0.4 is 4.72 Å². The number of ether oxygens (including phenoxy) is 1. The number of sulfonamides is 1. The van der Waals surface area contributed by atoms with E-state index in [-0.39, 0.29) is 12.0 Å². The minimum Gasteiger partial charge on any atom is -0.480 e. The summed E-state index contributed by atoms with van der Waals surface area (Å²) in [6.45, 7) is 5.56. The molecule has 1 saturated heterocycles. The predicted molar refractivity (Wildman–Crippen MR) is 66.8 cm³/mol. The van der Waals surface area contributed by atoms with Crippen LogP contribution in [0.1, 0.15) is 33.6 Å². The molecule has 1 rings (SSSR count). The maximum Gasteiger partial charge on any atom is 0.321 e. The van der Waals surface area contributed by atoms with Crippen molar-refractivity contribution in [2.24, 2.45) is 5.92 Å². The van der Waals surface area contributed by atoms with E-state index in [0.29, 0.717) is 19.4 Å². The van der Waals surface area contributed by atoms with Gasteiger partial charge < -0.3 is 9.84 Å². The molecule has 3 unspecified atom stereocenters. The van der Waals surface area contributed by atoms with Gasteiger partial charge >= 0.3 is 5.97 Å². The van der Waals surface area contributed by atoms with Crippen LogP contribution in [0.5, 0.6) is 0 Å². The highest BCUT2D eigenvalue weighted by Crippen LogP contribution is 2.20. The van der Waals surface area contributed by atoms with E-state index in [1.807, 2.05) is 6.92 Å². The van der Waals surface area contributed by atoms with Crippen molar-refractivity contribution in [3.63, 3.8) is 0 Å². The number of carboxylic acid groups (broad SMARTS) is 1. The Morgan fingerprint density at radius 2 is 2.06 bits per heavy atom. The summed E-state index contributed by atoms with van der Waals surface area (Å²) in [6.07, 6.45) is 0.701. The number of hydrogen-bond acceptors (Lipinski definition) is 4. The summed E-state index contributed by atoms with van der Waals surface area (Å²) in [5.74, 6) is -1.44. The Labute approximate surface area is 108 Å². The van der Waals surface area contributed by atoms with Gasteiger partial charge in [0.1, 0.15) is 6.04 Å². The number of nitrogens with one attached hydrogen (secondary N) is 1. The van der Waals surface area contributed by atoms with Gasteiger partial charge in [0.25, 0.3) is 0 Å². The maximum atomic E-state index is 12.1. The van der Waals surface area contributed by atoms with Gasteiger partial charge in [-0.3, -0.25) is 4.79 Å². The van der Waals surface area contributed by atoms with Crippen LogP contribution >= 0.6 is 0 Å². The molecular formula is C11H21NO5S. The molecule has 1 fully saturated rings. The van der Waals surface area contributed by atoms with Crippen molar-refractivity contribution in [2.45, 2.75) is 51.0 Å². The predicted octanol–water partition coefficient (Wildman–Crippen LogP) is 0.583. The average Bonchev–Trinajstić information content (AvgIpc) is 2.25. The summed E-state index contributed by atoms with van der Waals surface area (Å²) in [7, 11) is -3.62. The molecule has 1 aliphatic rings. The molecule has 0 spiro atoms. The Morgan fingerprint density at radius 1 is 1.44 bits per heavy atom. The average molecular weight is 279 g/mol. The lowest BCUT2D eigenvalue weighted by molar-refractivity contribution is -0.140. The van der Waals surface area contributed by atoms with Gasteiger partial charge in [-0.1, -0.05) is 13.8 Å². The molecule has 7 heteroatoms.